The van der Waals surface area contributed by atoms with Crippen molar-refractivity contribution in [3.63, 3.8) is 0 Å². The lowest BCUT2D eigenvalue weighted by Gasteiger charge is -2.06. The zero-order chi connectivity index (χ0) is 16.7. The van der Waals surface area contributed by atoms with E-state index in [1.54, 1.807) is 6.08 Å². The molecule has 0 unspecified atom stereocenters. The van der Waals surface area contributed by atoms with Gasteiger partial charge >= 0.3 is 5.97 Å². The number of carbonyl (C=O) groups is 2. The number of nitrogens with zero attached hydrogens (tertiary/aromatic N) is 1. The molecule has 0 aliphatic carbocycles. The van der Waals surface area contributed by atoms with Crippen molar-refractivity contribution in [1.82, 2.24) is 10.3 Å². The maximum absolute atomic E-state index is 11.6. The first-order chi connectivity index (χ1) is 11.0. The predicted molar refractivity (Wildman–Crippen MR) is 92.1 cm³/mol. The van der Waals surface area contributed by atoms with Gasteiger partial charge in [-0.2, -0.15) is 0 Å². The first-order valence-corrected chi connectivity index (χ1v) is 8.33. The molecule has 0 atom stereocenters. The van der Waals surface area contributed by atoms with Gasteiger partial charge in [0.25, 0.3) is 5.91 Å². The monoisotopic (exact) mass is 332 g/mol. The average Bonchev–Trinajstić information content (AvgIpc) is 2.93. The molecule has 1 aromatic heterocycles. The Hall–Kier alpha value is -2.21. The van der Waals surface area contributed by atoms with Gasteiger partial charge in [-0.3, -0.25) is 4.79 Å². The van der Waals surface area contributed by atoms with Crippen LogP contribution in [-0.2, 0) is 14.3 Å². The van der Waals surface area contributed by atoms with Crippen LogP contribution in [0.1, 0.15) is 25.3 Å². The Labute approximate surface area is 139 Å². The minimum absolute atomic E-state index is 0.263. The number of ether oxygens (including phenoxy) is 1. The lowest BCUT2D eigenvalue weighted by Crippen LogP contribution is -2.29. The number of esters is 1. The smallest absolute Gasteiger partial charge is 0.331 e. The summed E-state index contributed by atoms with van der Waals surface area (Å²) in [5.74, 6) is -0.315. The highest BCUT2D eigenvalue weighted by atomic mass is 32.1. The van der Waals surface area contributed by atoms with Crippen molar-refractivity contribution in [2.75, 3.05) is 13.2 Å². The molecule has 0 bridgehead atoms. The Bertz CT molecular complexity index is 674. The summed E-state index contributed by atoms with van der Waals surface area (Å²) in [4.78, 5) is 27.5. The van der Waals surface area contributed by atoms with E-state index in [9.17, 15) is 9.59 Å². The summed E-state index contributed by atoms with van der Waals surface area (Å²) >= 11 is 1.49. The third-order valence-electron chi connectivity index (χ3n) is 3.06. The molecular weight excluding hydrogens is 312 g/mol. The summed E-state index contributed by atoms with van der Waals surface area (Å²) in [7, 11) is 0. The lowest BCUT2D eigenvalue weighted by molar-refractivity contribution is -0.143. The topological polar surface area (TPSA) is 68.3 Å². The fourth-order valence-electron chi connectivity index (χ4n) is 1.84. The summed E-state index contributed by atoms with van der Waals surface area (Å²) in [5.41, 5.74) is 0.898. The van der Waals surface area contributed by atoms with E-state index >= 15 is 0 Å². The van der Waals surface area contributed by atoms with Crippen molar-refractivity contribution in [1.29, 1.82) is 0 Å². The molecule has 6 heteroatoms. The Morgan fingerprint density at radius 3 is 2.87 bits per heavy atom. The molecular formula is C17H20N2O3S. The highest BCUT2D eigenvalue weighted by Crippen LogP contribution is 2.22. The van der Waals surface area contributed by atoms with Gasteiger partial charge in [0, 0.05) is 12.6 Å². The molecule has 0 aliphatic heterocycles. The van der Waals surface area contributed by atoms with E-state index in [-0.39, 0.29) is 12.5 Å². The number of nitrogens with one attached hydrogen (secondary N) is 1. The van der Waals surface area contributed by atoms with E-state index in [1.807, 2.05) is 24.3 Å². The molecule has 0 saturated heterocycles. The molecule has 1 amide bonds. The van der Waals surface area contributed by atoms with Crippen LogP contribution < -0.4 is 5.32 Å². The standard InChI is InChI=1S/C17H20N2O3S/c1-12(2)9-10-18-15(20)11-22-17(21)8-7-16-19-13-5-3-4-6-14(13)23-16/h3-8,12H,9-11H2,1-2H3,(H,18,20)/b8-7+. The van der Waals surface area contributed by atoms with Crippen LogP contribution in [0.3, 0.4) is 0 Å². The summed E-state index contributed by atoms with van der Waals surface area (Å²) in [6.45, 7) is 4.49. The van der Waals surface area contributed by atoms with Gasteiger partial charge in [-0.25, -0.2) is 9.78 Å². The second-order valence-corrected chi connectivity index (χ2v) is 6.56. The molecule has 0 radical (unpaired) electrons. The zero-order valence-corrected chi connectivity index (χ0v) is 14.1. The molecule has 1 heterocycles. The second-order valence-electron chi connectivity index (χ2n) is 5.49. The van der Waals surface area contributed by atoms with Crippen LogP contribution in [-0.4, -0.2) is 30.0 Å². The molecule has 1 aromatic carbocycles. The van der Waals surface area contributed by atoms with Crippen LogP contribution in [0.4, 0.5) is 0 Å². The summed E-state index contributed by atoms with van der Waals surface area (Å²) in [5, 5.41) is 3.44. The van der Waals surface area contributed by atoms with Gasteiger partial charge in [0.1, 0.15) is 5.01 Å². The maximum atomic E-state index is 11.6. The third kappa shape index (κ3) is 5.83. The van der Waals surface area contributed by atoms with Crippen molar-refractivity contribution in [2.45, 2.75) is 20.3 Å². The van der Waals surface area contributed by atoms with E-state index in [1.165, 1.54) is 17.4 Å². The first kappa shape index (κ1) is 17.1. The van der Waals surface area contributed by atoms with E-state index in [2.05, 4.69) is 24.1 Å². The fourth-order valence-corrected chi connectivity index (χ4v) is 2.71. The Morgan fingerprint density at radius 2 is 2.13 bits per heavy atom. The van der Waals surface area contributed by atoms with Gasteiger partial charge in [-0.05, 0) is 30.5 Å². The van der Waals surface area contributed by atoms with Crippen molar-refractivity contribution in [2.24, 2.45) is 5.92 Å². The molecule has 23 heavy (non-hydrogen) atoms. The second kappa shape index (κ2) is 8.43. The van der Waals surface area contributed by atoms with Crippen LogP contribution in [0.15, 0.2) is 30.3 Å². The minimum Gasteiger partial charge on any atom is -0.452 e. The summed E-state index contributed by atoms with van der Waals surface area (Å²) in [6, 6.07) is 7.76. The number of para-hydroxylation sites is 1. The van der Waals surface area contributed by atoms with Gasteiger partial charge < -0.3 is 10.1 Å². The largest absolute Gasteiger partial charge is 0.452 e. The minimum atomic E-state index is -0.553. The normalized spacial score (nSPS) is 11.3. The molecule has 1 N–H and O–H groups in total. The van der Waals surface area contributed by atoms with Crippen LogP contribution in [0.5, 0.6) is 0 Å². The van der Waals surface area contributed by atoms with Crippen LogP contribution in [0.25, 0.3) is 16.3 Å². The van der Waals surface area contributed by atoms with E-state index in [0.717, 1.165) is 21.6 Å². The molecule has 0 saturated carbocycles. The third-order valence-corrected chi connectivity index (χ3v) is 4.06. The average molecular weight is 332 g/mol. The first-order valence-electron chi connectivity index (χ1n) is 7.51. The molecule has 0 aliphatic rings. The number of hydrogen-bond acceptors (Lipinski definition) is 5. The SMILES string of the molecule is CC(C)CCNC(=O)COC(=O)/C=C/c1nc2ccccc2s1. The quantitative estimate of drug-likeness (QED) is 0.625. The number of fused-ring (bicyclic) bond motifs is 1. The van der Waals surface area contributed by atoms with E-state index in [4.69, 9.17) is 4.74 Å². The van der Waals surface area contributed by atoms with Crippen molar-refractivity contribution in [3.8, 4) is 0 Å². The highest BCUT2D eigenvalue weighted by Gasteiger charge is 2.06. The number of thiazole rings is 1. The zero-order valence-electron chi connectivity index (χ0n) is 13.2. The van der Waals surface area contributed by atoms with Gasteiger partial charge in [0.05, 0.1) is 10.2 Å². The number of rotatable bonds is 7. The molecule has 0 spiro atoms. The van der Waals surface area contributed by atoms with Crippen LogP contribution in [0.2, 0.25) is 0 Å². The number of hydrogen-bond donors (Lipinski definition) is 1. The molecule has 0 fully saturated rings. The van der Waals surface area contributed by atoms with Crippen LogP contribution in [0, 0.1) is 5.92 Å². The number of carbonyl (C=O) groups excluding carboxylic acids is 2. The molecule has 2 rings (SSSR count). The summed E-state index contributed by atoms with van der Waals surface area (Å²) in [6.07, 6.45) is 3.79. The maximum Gasteiger partial charge on any atom is 0.331 e. The van der Waals surface area contributed by atoms with E-state index < -0.39 is 5.97 Å². The van der Waals surface area contributed by atoms with Gasteiger partial charge in [-0.15, -0.1) is 11.3 Å². The Morgan fingerprint density at radius 1 is 1.35 bits per heavy atom. The predicted octanol–water partition coefficient (Wildman–Crippen LogP) is 3.02. The molecule has 122 valence electrons. The molecule has 5 nitrogen and oxygen atoms in total. The van der Waals surface area contributed by atoms with Gasteiger partial charge in [-0.1, -0.05) is 26.0 Å². The van der Waals surface area contributed by atoms with Crippen molar-refractivity contribution < 1.29 is 14.3 Å². The Kier molecular flexibility index (Phi) is 6.29. The summed E-state index contributed by atoms with van der Waals surface area (Å²) < 4.78 is 5.96. The lowest BCUT2D eigenvalue weighted by atomic mass is 10.1. The van der Waals surface area contributed by atoms with E-state index in [0.29, 0.717) is 12.5 Å². The number of aromatic nitrogens is 1. The fraction of sp³-hybridized carbons (Fsp3) is 0.353. The number of benzene rings is 1. The number of amides is 1. The van der Waals surface area contributed by atoms with Crippen molar-refractivity contribution >= 4 is 39.5 Å². The molecule has 2 aromatic rings. The highest BCUT2D eigenvalue weighted by molar-refractivity contribution is 7.19. The van der Waals surface area contributed by atoms with Crippen molar-refractivity contribution in [3.05, 3.63) is 35.3 Å². The Balaban J connectivity index is 1.76. The van der Waals surface area contributed by atoms with Crippen LogP contribution >= 0.6 is 11.3 Å². The van der Waals surface area contributed by atoms with Gasteiger partial charge in [0.15, 0.2) is 6.61 Å². The van der Waals surface area contributed by atoms with Gasteiger partial charge in [0.2, 0.25) is 0 Å².